The van der Waals surface area contributed by atoms with Gasteiger partial charge in [-0.15, -0.1) is 0 Å². The summed E-state index contributed by atoms with van der Waals surface area (Å²) in [5.41, 5.74) is 0.244. The first kappa shape index (κ1) is 41.3. The van der Waals surface area contributed by atoms with Crippen LogP contribution in [0.2, 0.25) is 0 Å². The molecule has 1 heterocycles. The molecule has 13 heteroatoms. The summed E-state index contributed by atoms with van der Waals surface area (Å²) in [5.74, 6) is -1.81. The van der Waals surface area contributed by atoms with Crippen LogP contribution in [0.25, 0.3) is 0 Å². The number of carbonyl (C=O) groups excluding carboxylic acids is 5. The zero-order valence-corrected chi connectivity index (χ0v) is 29.6. The highest BCUT2D eigenvalue weighted by Crippen LogP contribution is 2.12. The Morgan fingerprint density at radius 1 is 0.766 bits per heavy atom. The summed E-state index contributed by atoms with van der Waals surface area (Å²) in [6.45, 7) is 16.1. The Morgan fingerprint density at radius 3 is 1.94 bits per heavy atom. The zero-order chi connectivity index (χ0) is 35.5. The van der Waals surface area contributed by atoms with Gasteiger partial charge in [-0.05, 0) is 44.9 Å². The van der Waals surface area contributed by atoms with Crippen molar-refractivity contribution in [1.29, 1.82) is 0 Å². The molecule has 6 atom stereocenters. The number of pyridine rings is 1. The van der Waals surface area contributed by atoms with Crippen LogP contribution in [0, 0.1) is 17.0 Å². The Balaban J connectivity index is 2.96. The van der Waals surface area contributed by atoms with Gasteiger partial charge in [0.15, 0.2) is 12.4 Å². The molecule has 0 spiro atoms. The van der Waals surface area contributed by atoms with Crippen LogP contribution < -0.4 is 36.6 Å². The monoisotopic (exact) mass is 661 g/mol. The molecule has 0 aliphatic carbocycles. The molecule has 1 aromatic rings. The highest BCUT2D eigenvalue weighted by molar-refractivity contribution is 5.98. The first-order valence-electron chi connectivity index (χ1n) is 17.2. The van der Waals surface area contributed by atoms with E-state index in [9.17, 15) is 29.2 Å². The van der Waals surface area contributed by atoms with Gasteiger partial charge >= 0.3 is 0 Å². The topological polar surface area (TPSA) is 184 Å². The summed E-state index contributed by atoms with van der Waals surface area (Å²) in [6.07, 6.45) is 6.93. The van der Waals surface area contributed by atoms with Crippen LogP contribution in [0.15, 0.2) is 24.5 Å². The van der Waals surface area contributed by atoms with Gasteiger partial charge in [0.25, 0.3) is 5.91 Å². The predicted octanol–water partition coefficient (Wildman–Crippen LogP) is 2.07. The Morgan fingerprint density at radius 2 is 1.38 bits per heavy atom. The van der Waals surface area contributed by atoms with E-state index in [1.54, 1.807) is 6.92 Å². The van der Waals surface area contributed by atoms with Crippen LogP contribution in [-0.4, -0.2) is 72.8 Å². The van der Waals surface area contributed by atoms with E-state index in [1.165, 1.54) is 24.5 Å². The van der Waals surface area contributed by atoms with Crippen molar-refractivity contribution >= 4 is 29.5 Å². The first-order valence-corrected chi connectivity index (χ1v) is 17.2. The molecule has 0 saturated carbocycles. The molecule has 0 aliphatic rings. The molecular formula is C34H59N7O6. The van der Waals surface area contributed by atoms with Crippen LogP contribution >= 0.6 is 0 Å². The normalized spacial score (nSPS) is 15.0. The molecular weight excluding hydrogens is 602 g/mol. The van der Waals surface area contributed by atoms with E-state index >= 15 is 0 Å². The first-order chi connectivity index (χ1) is 22.3. The standard InChI is InChI=1S/C34H59N7O6/c1-9-13-15-28(32(44)35-12-4)38-30(42)24(8)36-21-26(20-22(5)6)37-33(45)27(14-10-2)39-34(46)29(23(7)11-3)40-31(43)25-16-18-41(47)19-17-25/h16-19,22-24,26-29,36H,9-15,20-21H2,1-8H3,(H,35,44)(H,37,45)(H,38,42)(H,39,46)(H,40,43)/t23-,24-,26-,27-,28-,29-/m0/s1. The number of unbranched alkanes of at least 4 members (excludes halogenated alkanes) is 1. The fraction of sp³-hybridized carbons (Fsp3) is 0.706. The van der Waals surface area contributed by atoms with Gasteiger partial charge in [-0.3, -0.25) is 24.0 Å². The summed E-state index contributed by atoms with van der Waals surface area (Å²) in [7, 11) is 0. The molecule has 0 aromatic carbocycles. The fourth-order valence-corrected chi connectivity index (χ4v) is 5.06. The maximum absolute atomic E-state index is 13.6. The van der Waals surface area contributed by atoms with Gasteiger partial charge in [0, 0.05) is 31.3 Å². The molecule has 0 fully saturated rings. The molecule has 5 amide bonds. The molecule has 47 heavy (non-hydrogen) atoms. The van der Waals surface area contributed by atoms with Crippen molar-refractivity contribution in [2.45, 2.75) is 131 Å². The predicted molar refractivity (Wildman–Crippen MR) is 182 cm³/mol. The van der Waals surface area contributed by atoms with Gasteiger partial charge in [0.05, 0.1) is 11.6 Å². The van der Waals surface area contributed by atoms with Crippen molar-refractivity contribution in [3.05, 3.63) is 35.3 Å². The molecule has 266 valence electrons. The van der Waals surface area contributed by atoms with Crippen molar-refractivity contribution in [1.82, 2.24) is 31.9 Å². The third-order valence-corrected chi connectivity index (χ3v) is 8.05. The molecule has 0 aliphatic heterocycles. The lowest BCUT2D eigenvalue weighted by Gasteiger charge is -2.29. The van der Waals surface area contributed by atoms with Gasteiger partial charge in [-0.25, -0.2) is 0 Å². The summed E-state index contributed by atoms with van der Waals surface area (Å²) >= 11 is 0. The second-order valence-corrected chi connectivity index (χ2v) is 12.7. The highest BCUT2D eigenvalue weighted by Gasteiger charge is 2.31. The number of nitrogens with one attached hydrogen (secondary N) is 6. The van der Waals surface area contributed by atoms with Crippen molar-refractivity contribution in [2.24, 2.45) is 11.8 Å². The molecule has 13 nitrogen and oxygen atoms in total. The minimum absolute atomic E-state index is 0.206. The third kappa shape index (κ3) is 15.1. The van der Waals surface area contributed by atoms with E-state index in [2.05, 4.69) is 31.9 Å². The van der Waals surface area contributed by atoms with Crippen LogP contribution in [0.3, 0.4) is 0 Å². The van der Waals surface area contributed by atoms with E-state index in [-0.39, 0.29) is 41.2 Å². The maximum atomic E-state index is 13.6. The maximum Gasteiger partial charge on any atom is 0.252 e. The number of nitrogens with zero attached hydrogens (tertiary/aromatic N) is 1. The zero-order valence-electron chi connectivity index (χ0n) is 29.6. The van der Waals surface area contributed by atoms with Crippen molar-refractivity contribution in [3.8, 4) is 0 Å². The van der Waals surface area contributed by atoms with Gasteiger partial charge in [-0.2, -0.15) is 4.73 Å². The summed E-state index contributed by atoms with van der Waals surface area (Å²) in [6, 6.07) is -0.538. The molecule has 1 rings (SSSR count). The van der Waals surface area contributed by atoms with E-state index in [4.69, 9.17) is 0 Å². The summed E-state index contributed by atoms with van der Waals surface area (Å²) < 4.78 is 0.569. The Bertz CT molecular complexity index is 1130. The van der Waals surface area contributed by atoms with Crippen molar-refractivity contribution in [3.63, 3.8) is 0 Å². The van der Waals surface area contributed by atoms with E-state index in [1.807, 2.05) is 48.5 Å². The van der Waals surface area contributed by atoms with Crippen LogP contribution in [0.1, 0.15) is 111 Å². The average molecular weight is 662 g/mol. The van der Waals surface area contributed by atoms with Crippen LogP contribution in [-0.2, 0) is 19.2 Å². The number of aromatic nitrogens is 1. The number of carbonyl (C=O) groups is 5. The molecule has 1 aromatic heterocycles. The van der Waals surface area contributed by atoms with Crippen LogP contribution in [0.4, 0.5) is 0 Å². The molecule has 0 bridgehead atoms. The second-order valence-electron chi connectivity index (χ2n) is 12.7. The summed E-state index contributed by atoms with van der Waals surface area (Å²) in [4.78, 5) is 65.4. The Hall–Kier alpha value is -3.74. The molecule has 6 N–H and O–H groups in total. The minimum atomic E-state index is -0.896. The number of hydrogen-bond acceptors (Lipinski definition) is 7. The van der Waals surface area contributed by atoms with Gasteiger partial charge in [0.2, 0.25) is 23.6 Å². The van der Waals surface area contributed by atoms with E-state index < -0.39 is 36.0 Å². The van der Waals surface area contributed by atoms with Crippen molar-refractivity contribution < 1.29 is 28.7 Å². The van der Waals surface area contributed by atoms with E-state index in [0.29, 0.717) is 49.9 Å². The largest absolute Gasteiger partial charge is 0.619 e. The number of amides is 5. The summed E-state index contributed by atoms with van der Waals surface area (Å²) in [5, 5.41) is 28.9. The molecule has 0 radical (unpaired) electrons. The average Bonchev–Trinajstić information content (AvgIpc) is 3.03. The fourth-order valence-electron chi connectivity index (χ4n) is 5.06. The SMILES string of the molecule is CCCC[C@H](NC(=O)[C@H](C)NC[C@H](CC(C)C)NC(=O)[C@H](CCC)NC(=O)[C@@H](NC(=O)c1cc[n+]([O-])cc1)[C@@H](C)CC)C(=O)NCC. The lowest BCUT2D eigenvalue weighted by Crippen LogP contribution is -2.58. The molecule has 0 unspecified atom stereocenters. The molecule has 0 saturated heterocycles. The number of hydrogen-bond donors (Lipinski definition) is 6. The van der Waals surface area contributed by atoms with Gasteiger partial charge in [0.1, 0.15) is 18.1 Å². The minimum Gasteiger partial charge on any atom is -0.619 e. The quantitative estimate of drug-likeness (QED) is 0.0812. The van der Waals surface area contributed by atoms with E-state index in [0.717, 1.165) is 12.8 Å². The lowest BCUT2D eigenvalue weighted by molar-refractivity contribution is -0.605. The third-order valence-electron chi connectivity index (χ3n) is 8.05. The highest BCUT2D eigenvalue weighted by atomic mass is 16.5. The lowest BCUT2D eigenvalue weighted by atomic mass is 9.97. The Labute approximate surface area is 280 Å². The van der Waals surface area contributed by atoms with Gasteiger partial charge in [-0.1, -0.05) is 67.2 Å². The number of rotatable bonds is 22. The van der Waals surface area contributed by atoms with Gasteiger partial charge < -0.3 is 37.1 Å². The second kappa shape index (κ2) is 21.9. The number of likely N-dealkylation sites (N-methyl/N-ethyl adjacent to an activating group) is 1. The Kier molecular flexibility index (Phi) is 19.3. The smallest absolute Gasteiger partial charge is 0.252 e. The van der Waals surface area contributed by atoms with Crippen molar-refractivity contribution in [2.75, 3.05) is 13.1 Å². The van der Waals surface area contributed by atoms with Crippen LogP contribution in [0.5, 0.6) is 0 Å².